The van der Waals surface area contributed by atoms with E-state index in [0.29, 0.717) is 5.92 Å². The average Bonchev–Trinajstić information content (AvgIpc) is 3.48. The average molecular weight is 386 g/mol. The highest BCUT2D eigenvalue weighted by Gasteiger charge is 2.30. The summed E-state index contributed by atoms with van der Waals surface area (Å²) in [6, 6.07) is 18.2. The Morgan fingerprint density at radius 1 is 1.00 bits per heavy atom. The Morgan fingerprint density at radius 2 is 1.79 bits per heavy atom. The standard InChI is InChI=1S/C25H27N3O/c29-25(23-11-5-4-10-22(23)20-7-2-1-3-8-20)28-15-6-9-21(18-28)24-26-14-16-27(24)17-19-12-13-19/h1-5,7-8,10-11,14,16,19,21H,6,9,12-13,15,17-18H2. The van der Waals surface area contributed by atoms with Crippen LogP contribution in [0.1, 0.15) is 47.8 Å². The molecule has 1 atom stereocenters. The van der Waals surface area contributed by atoms with Crippen molar-refractivity contribution in [3.05, 3.63) is 78.4 Å². The number of aromatic nitrogens is 2. The molecule has 1 amide bonds. The third kappa shape index (κ3) is 3.84. The van der Waals surface area contributed by atoms with Crippen molar-refractivity contribution in [1.29, 1.82) is 0 Å². The minimum absolute atomic E-state index is 0.134. The van der Waals surface area contributed by atoms with E-state index in [-0.39, 0.29) is 5.91 Å². The van der Waals surface area contributed by atoms with Gasteiger partial charge in [-0.15, -0.1) is 0 Å². The van der Waals surface area contributed by atoms with Crippen LogP contribution in [0.25, 0.3) is 11.1 Å². The van der Waals surface area contributed by atoms with E-state index in [2.05, 4.69) is 27.9 Å². The Kier molecular flexibility index (Phi) is 4.92. The van der Waals surface area contributed by atoms with Gasteiger partial charge in [0.05, 0.1) is 0 Å². The number of hydrogen-bond donors (Lipinski definition) is 0. The number of imidazole rings is 1. The van der Waals surface area contributed by atoms with Crippen LogP contribution in [0.5, 0.6) is 0 Å². The molecule has 1 saturated carbocycles. The molecule has 148 valence electrons. The second-order valence-corrected chi connectivity index (χ2v) is 8.38. The zero-order chi connectivity index (χ0) is 19.6. The molecular formula is C25H27N3O. The summed E-state index contributed by atoms with van der Waals surface area (Å²) >= 11 is 0. The summed E-state index contributed by atoms with van der Waals surface area (Å²) < 4.78 is 2.33. The van der Waals surface area contributed by atoms with Crippen LogP contribution in [0.15, 0.2) is 67.0 Å². The molecule has 5 rings (SSSR count). The van der Waals surface area contributed by atoms with Gasteiger partial charge in [-0.25, -0.2) is 4.98 Å². The van der Waals surface area contributed by atoms with Gasteiger partial charge in [0, 0.05) is 43.5 Å². The normalized spacial score (nSPS) is 19.3. The van der Waals surface area contributed by atoms with E-state index >= 15 is 0 Å². The molecule has 4 nitrogen and oxygen atoms in total. The van der Waals surface area contributed by atoms with Gasteiger partial charge in [0.25, 0.3) is 5.91 Å². The first kappa shape index (κ1) is 18.2. The minimum Gasteiger partial charge on any atom is -0.338 e. The number of likely N-dealkylation sites (tertiary alicyclic amines) is 1. The molecule has 0 radical (unpaired) electrons. The topological polar surface area (TPSA) is 38.1 Å². The number of benzene rings is 2. The fraction of sp³-hybridized carbons (Fsp3) is 0.360. The van der Waals surface area contributed by atoms with Crippen molar-refractivity contribution in [2.45, 2.75) is 38.1 Å². The van der Waals surface area contributed by atoms with Crippen LogP contribution in [0.4, 0.5) is 0 Å². The van der Waals surface area contributed by atoms with Crippen LogP contribution in [0, 0.1) is 5.92 Å². The van der Waals surface area contributed by atoms with Gasteiger partial charge in [-0.05, 0) is 48.8 Å². The third-order valence-corrected chi connectivity index (χ3v) is 6.22. The predicted octanol–water partition coefficient (Wildman–Crippen LogP) is 4.98. The number of carbonyl (C=O) groups excluding carboxylic acids is 1. The molecule has 3 aromatic rings. The minimum atomic E-state index is 0.134. The largest absolute Gasteiger partial charge is 0.338 e. The second-order valence-electron chi connectivity index (χ2n) is 8.38. The Balaban J connectivity index is 1.38. The van der Waals surface area contributed by atoms with Crippen LogP contribution in [-0.2, 0) is 6.54 Å². The molecule has 29 heavy (non-hydrogen) atoms. The van der Waals surface area contributed by atoms with E-state index in [0.717, 1.165) is 60.9 Å². The number of carbonyl (C=O) groups is 1. The first-order chi connectivity index (χ1) is 14.3. The molecular weight excluding hydrogens is 358 g/mol. The molecule has 2 aliphatic rings. The monoisotopic (exact) mass is 385 g/mol. The van der Waals surface area contributed by atoms with Crippen molar-refractivity contribution in [3.63, 3.8) is 0 Å². The van der Waals surface area contributed by atoms with Crippen molar-refractivity contribution in [2.75, 3.05) is 13.1 Å². The lowest BCUT2D eigenvalue weighted by Gasteiger charge is -2.33. The molecule has 1 aliphatic carbocycles. The molecule has 2 fully saturated rings. The zero-order valence-electron chi connectivity index (χ0n) is 16.7. The van der Waals surface area contributed by atoms with Gasteiger partial charge >= 0.3 is 0 Å². The molecule has 0 spiro atoms. The molecule has 1 unspecified atom stereocenters. The van der Waals surface area contributed by atoms with Gasteiger partial charge in [-0.3, -0.25) is 4.79 Å². The number of nitrogens with zero attached hydrogens (tertiary/aromatic N) is 3. The fourth-order valence-corrected chi connectivity index (χ4v) is 4.50. The van der Waals surface area contributed by atoms with Crippen LogP contribution in [-0.4, -0.2) is 33.4 Å². The number of piperidine rings is 1. The third-order valence-electron chi connectivity index (χ3n) is 6.22. The van der Waals surface area contributed by atoms with Crippen LogP contribution >= 0.6 is 0 Å². The summed E-state index contributed by atoms with van der Waals surface area (Å²) in [6.07, 6.45) is 8.83. The van der Waals surface area contributed by atoms with Crippen LogP contribution < -0.4 is 0 Å². The molecule has 1 aromatic heterocycles. The van der Waals surface area contributed by atoms with Crippen molar-refractivity contribution < 1.29 is 4.79 Å². The van der Waals surface area contributed by atoms with Crippen molar-refractivity contribution in [3.8, 4) is 11.1 Å². The molecule has 2 aromatic carbocycles. The van der Waals surface area contributed by atoms with Gasteiger partial charge in [0.2, 0.25) is 0 Å². The van der Waals surface area contributed by atoms with E-state index in [1.807, 2.05) is 53.6 Å². The molecule has 1 saturated heterocycles. The maximum Gasteiger partial charge on any atom is 0.254 e. The molecule has 0 bridgehead atoms. The summed E-state index contributed by atoms with van der Waals surface area (Å²) in [7, 11) is 0. The fourth-order valence-electron chi connectivity index (χ4n) is 4.50. The second kappa shape index (κ2) is 7.86. The van der Waals surface area contributed by atoms with Gasteiger partial charge in [-0.1, -0.05) is 48.5 Å². The molecule has 2 heterocycles. The SMILES string of the molecule is O=C(c1ccccc1-c1ccccc1)N1CCCC(c2nccn2CC2CC2)C1. The van der Waals surface area contributed by atoms with Gasteiger partial charge < -0.3 is 9.47 Å². The highest BCUT2D eigenvalue weighted by Crippen LogP contribution is 2.33. The number of amides is 1. The number of hydrogen-bond acceptors (Lipinski definition) is 2. The van der Waals surface area contributed by atoms with E-state index in [1.54, 1.807) is 0 Å². The molecule has 0 N–H and O–H groups in total. The molecule has 1 aliphatic heterocycles. The maximum atomic E-state index is 13.5. The lowest BCUT2D eigenvalue weighted by atomic mass is 9.94. The van der Waals surface area contributed by atoms with Gasteiger partial charge in [0.1, 0.15) is 5.82 Å². The van der Waals surface area contributed by atoms with Crippen molar-refractivity contribution in [2.24, 2.45) is 5.92 Å². The first-order valence-corrected chi connectivity index (χ1v) is 10.7. The Bertz CT molecular complexity index is 990. The number of rotatable bonds is 5. The smallest absolute Gasteiger partial charge is 0.254 e. The summed E-state index contributed by atoms with van der Waals surface area (Å²) in [5.41, 5.74) is 2.89. The van der Waals surface area contributed by atoms with Crippen molar-refractivity contribution >= 4 is 5.91 Å². The summed E-state index contributed by atoms with van der Waals surface area (Å²) in [5.74, 6) is 2.44. The van der Waals surface area contributed by atoms with E-state index < -0.39 is 0 Å². The first-order valence-electron chi connectivity index (χ1n) is 10.7. The zero-order valence-corrected chi connectivity index (χ0v) is 16.7. The van der Waals surface area contributed by atoms with Gasteiger partial charge in [-0.2, -0.15) is 0 Å². The Hall–Kier alpha value is -2.88. The lowest BCUT2D eigenvalue weighted by molar-refractivity contribution is 0.0704. The predicted molar refractivity (Wildman–Crippen MR) is 115 cm³/mol. The Labute approximate surface area is 172 Å². The summed E-state index contributed by atoms with van der Waals surface area (Å²) in [4.78, 5) is 20.2. The van der Waals surface area contributed by atoms with Crippen LogP contribution in [0.3, 0.4) is 0 Å². The van der Waals surface area contributed by atoms with E-state index in [4.69, 9.17) is 0 Å². The Morgan fingerprint density at radius 3 is 2.62 bits per heavy atom. The highest BCUT2D eigenvalue weighted by molar-refractivity contribution is 6.01. The van der Waals surface area contributed by atoms with E-state index in [1.165, 1.54) is 12.8 Å². The highest BCUT2D eigenvalue weighted by atomic mass is 16.2. The van der Waals surface area contributed by atoms with Crippen LogP contribution in [0.2, 0.25) is 0 Å². The maximum absolute atomic E-state index is 13.5. The van der Waals surface area contributed by atoms with E-state index in [9.17, 15) is 4.79 Å². The van der Waals surface area contributed by atoms with Gasteiger partial charge in [0.15, 0.2) is 0 Å². The van der Waals surface area contributed by atoms with Crippen molar-refractivity contribution in [1.82, 2.24) is 14.5 Å². The summed E-state index contributed by atoms with van der Waals surface area (Å²) in [5, 5.41) is 0. The summed E-state index contributed by atoms with van der Waals surface area (Å²) in [6.45, 7) is 2.65. The molecule has 4 heteroatoms. The quantitative estimate of drug-likeness (QED) is 0.621. The lowest BCUT2D eigenvalue weighted by Crippen LogP contribution is -2.40.